The third-order valence-electron chi connectivity index (χ3n) is 2.28. The molecule has 0 spiro atoms. The number of halogens is 1. The summed E-state index contributed by atoms with van der Waals surface area (Å²) in [6, 6.07) is 4.58. The molecule has 1 aromatic heterocycles. The first-order valence-corrected chi connectivity index (χ1v) is 4.80. The molecule has 5 nitrogen and oxygen atoms in total. The Morgan fingerprint density at radius 2 is 2.06 bits per heavy atom. The maximum Gasteiger partial charge on any atom is 0.207 e. The van der Waals surface area contributed by atoms with Gasteiger partial charge in [0.25, 0.3) is 0 Å². The molecule has 2 aromatic rings. The van der Waals surface area contributed by atoms with Gasteiger partial charge < -0.3 is 19.7 Å². The van der Waals surface area contributed by atoms with Crippen LogP contribution >= 0.6 is 0 Å². The summed E-state index contributed by atoms with van der Waals surface area (Å²) in [7, 11) is 2.74. The summed E-state index contributed by atoms with van der Waals surface area (Å²) >= 11 is 0. The molecule has 0 saturated heterocycles. The number of rotatable bonds is 3. The van der Waals surface area contributed by atoms with Crippen molar-refractivity contribution in [2.45, 2.75) is 0 Å². The Morgan fingerprint density at radius 1 is 1.29 bits per heavy atom. The maximum atomic E-state index is 13.9. The van der Waals surface area contributed by atoms with Gasteiger partial charge in [0.15, 0.2) is 23.1 Å². The van der Waals surface area contributed by atoms with Crippen LogP contribution in [0.4, 0.5) is 10.2 Å². The fourth-order valence-electron chi connectivity index (χ4n) is 1.51. The fourth-order valence-corrected chi connectivity index (χ4v) is 1.51. The van der Waals surface area contributed by atoms with E-state index < -0.39 is 5.82 Å². The Balaban J connectivity index is 2.58. The monoisotopic (exact) mass is 238 g/mol. The van der Waals surface area contributed by atoms with Gasteiger partial charge in [-0.3, -0.25) is 0 Å². The minimum atomic E-state index is -0.595. The molecule has 0 saturated carbocycles. The predicted octanol–water partition coefficient (Wildman–Crippen LogP) is 2.08. The van der Waals surface area contributed by atoms with E-state index in [1.54, 1.807) is 6.07 Å². The first-order chi connectivity index (χ1) is 8.17. The van der Waals surface area contributed by atoms with E-state index in [1.165, 1.54) is 26.4 Å². The van der Waals surface area contributed by atoms with Gasteiger partial charge in [-0.05, 0) is 12.1 Å². The van der Waals surface area contributed by atoms with Crippen molar-refractivity contribution < 1.29 is 18.4 Å². The Morgan fingerprint density at radius 3 is 2.59 bits per heavy atom. The van der Waals surface area contributed by atoms with Crippen molar-refractivity contribution in [3.05, 3.63) is 24.0 Å². The number of nitrogens with zero attached hydrogens (tertiary/aromatic N) is 1. The lowest BCUT2D eigenvalue weighted by atomic mass is 10.1. The number of hydrogen-bond donors (Lipinski definition) is 1. The normalized spacial score (nSPS) is 10.3. The zero-order chi connectivity index (χ0) is 12.4. The largest absolute Gasteiger partial charge is 0.494 e. The first kappa shape index (κ1) is 11.3. The van der Waals surface area contributed by atoms with Crippen LogP contribution < -0.4 is 15.2 Å². The van der Waals surface area contributed by atoms with Crippen LogP contribution in [0.2, 0.25) is 0 Å². The minimum Gasteiger partial charge on any atom is -0.494 e. The van der Waals surface area contributed by atoms with Gasteiger partial charge in [0, 0.05) is 6.07 Å². The molecule has 6 heteroatoms. The smallest absolute Gasteiger partial charge is 0.207 e. The molecule has 0 atom stereocenters. The van der Waals surface area contributed by atoms with Crippen LogP contribution in [-0.2, 0) is 0 Å². The Kier molecular flexibility index (Phi) is 2.86. The molecule has 0 aliphatic carbocycles. The Labute approximate surface area is 96.9 Å². The van der Waals surface area contributed by atoms with Crippen molar-refractivity contribution in [3.63, 3.8) is 0 Å². The van der Waals surface area contributed by atoms with Crippen molar-refractivity contribution in [1.82, 2.24) is 5.16 Å². The number of nitrogen functional groups attached to an aromatic ring is 1. The summed E-state index contributed by atoms with van der Waals surface area (Å²) in [5.74, 6) is 0.0836. The molecular formula is C11H11FN2O3. The summed E-state index contributed by atoms with van der Waals surface area (Å²) in [6.45, 7) is 0. The summed E-state index contributed by atoms with van der Waals surface area (Å²) in [5.41, 5.74) is 5.86. The number of anilines is 1. The lowest BCUT2D eigenvalue weighted by molar-refractivity contribution is 0.349. The maximum absolute atomic E-state index is 13.9. The second-order valence-corrected chi connectivity index (χ2v) is 3.28. The highest BCUT2D eigenvalue weighted by Gasteiger charge is 2.18. The van der Waals surface area contributed by atoms with Crippen molar-refractivity contribution in [1.29, 1.82) is 0 Å². The van der Waals surface area contributed by atoms with E-state index in [0.29, 0.717) is 11.3 Å². The molecule has 2 N–H and O–H groups in total. The average molecular weight is 238 g/mol. The number of ether oxygens (including phenoxy) is 2. The van der Waals surface area contributed by atoms with Gasteiger partial charge in [-0.2, -0.15) is 4.39 Å². The van der Waals surface area contributed by atoms with Gasteiger partial charge in [-0.15, -0.1) is 0 Å². The highest BCUT2D eigenvalue weighted by molar-refractivity contribution is 5.69. The molecule has 1 aromatic carbocycles. The highest BCUT2D eigenvalue weighted by Crippen LogP contribution is 2.37. The molecule has 2 rings (SSSR count). The van der Waals surface area contributed by atoms with Gasteiger partial charge in [0.05, 0.1) is 19.8 Å². The lowest BCUT2D eigenvalue weighted by Crippen LogP contribution is -1.95. The summed E-state index contributed by atoms with van der Waals surface area (Å²) < 4.78 is 28.7. The highest BCUT2D eigenvalue weighted by atomic mass is 19.1. The lowest BCUT2D eigenvalue weighted by Gasteiger charge is -2.09. The topological polar surface area (TPSA) is 70.5 Å². The van der Waals surface area contributed by atoms with Crippen molar-refractivity contribution in [2.75, 3.05) is 20.0 Å². The molecule has 0 fully saturated rings. The van der Waals surface area contributed by atoms with Crippen LogP contribution in [0.3, 0.4) is 0 Å². The van der Waals surface area contributed by atoms with Crippen molar-refractivity contribution >= 4 is 5.82 Å². The third kappa shape index (κ3) is 1.89. The van der Waals surface area contributed by atoms with Gasteiger partial charge in [-0.25, -0.2) is 0 Å². The van der Waals surface area contributed by atoms with E-state index in [-0.39, 0.29) is 17.3 Å². The van der Waals surface area contributed by atoms with Crippen LogP contribution in [0.1, 0.15) is 0 Å². The van der Waals surface area contributed by atoms with E-state index in [0.717, 1.165) is 0 Å². The molecule has 0 amide bonds. The molecule has 0 aliphatic rings. The quantitative estimate of drug-likeness (QED) is 0.886. The number of hydrogen-bond acceptors (Lipinski definition) is 5. The standard InChI is InChI=1S/C11H11FN2O3/c1-15-7-4-3-6(11(16-2)10(7)12)8-5-9(13)14-17-8/h3-5H,1-2H3,(H2,13,14). The van der Waals surface area contributed by atoms with E-state index in [9.17, 15) is 4.39 Å². The van der Waals surface area contributed by atoms with Crippen molar-refractivity contribution in [2.24, 2.45) is 0 Å². The van der Waals surface area contributed by atoms with E-state index in [1.807, 2.05) is 0 Å². The first-order valence-electron chi connectivity index (χ1n) is 4.80. The van der Waals surface area contributed by atoms with Crippen LogP contribution in [0, 0.1) is 5.82 Å². The molecule has 0 radical (unpaired) electrons. The minimum absolute atomic E-state index is 0.0282. The zero-order valence-corrected chi connectivity index (χ0v) is 9.36. The van der Waals surface area contributed by atoms with E-state index >= 15 is 0 Å². The average Bonchev–Trinajstić information content (AvgIpc) is 2.75. The molecule has 90 valence electrons. The van der Waals surface area contributed by atoms with Gasteiger partial charge in [0.2, 0.25) is 5.82 Å². The van der Waals surface area contributed by atoms with E-state index in [2.05, 4.69) is 5.16 Å². The van der Waals surface area contributed by atoms with Crippen LogP contribution in [0.5, 0.6) is 11.5 Å². The number of nitrogens with two attached hydrogens (primary N) is 1. The number of methoxy groups -OCH3 is 2. The summed E-state index contributed by atoms with van der Waals surface area (Å²) in [4.78, 5) is 0. The number of aromatic nitrogens is 1. The van der Waals surface area contributed by atoms with Gasteiger partial charge in [-0.1, -0.05) is 5.16 Å². The predicted molar refractivity (Wildman–Crippen MR) is 59.4 cm³/mol. The SMILES string of the molecule is COc1ccc(-c2cc(N)no2)c(OC)c1F. The summed E-state index contributed by atoms with van der Waals surface area (Å²) in [5, 5.41) is 3.53. The number of benzene rings is 1. The zero-order valence-electron chi connectivity index (χ0n) is 9.36. The molecule has 1 heterocycles. The Bertz CT molecular complexity index is 540. The fraction of sp³-hybridized carbons (Fsp3) is 0.182. The van der Waals surface area contributed by atoms with Crippen molar-refractivity contribution in [3.8, 4) is 22.8 Å². The van der Waals surface area contributed by atoms with Crippen LogP contribution in [-0.4, -0.2) is 19.4 Å². The molecule has 17 heavy (non-hydrogen) atoms. The molecule has 0 aliphatic heterocycles. The van der Waals surface area contributed by atoms with Gasteiger partial charge >= 0.3 is 0 Å². The molecular weight excluding hydrogens is 227 g/mol. The second-order valence-electron chi connectivity index (χ2n) is 3.28. The van der Waals surface area contributed by atoms with Gasteiger partial charge in [0.1, 0.15) is 0 Å². The van der Waals surface area contributed by atoms with Crippen LogP contribution in [0.15, 0.2) is 22.7 Å². The van der Waals surface area contributed by atoms with Crippen LogP contribution in [0.25, 0.3) is 11.3 Å². The summed E-state index contributed by atoms with van der Waals surface area (Å²) in [6.07, 6.45) is 0. The second kappa shape index (κ2) is 4.32. The third-order valence-corrected chi connectivity index (χ3v) is 2.28. The molecule has 0 unspecified atom stereocenters. The Hall–Kier alpha value is -2.24. The van der Waals surface area contributed by atoms with E-state index in [4.69, 9.17) is 19.7 Å². The molecule has 0 bridgehead atoms.